The maximum atomic E-state index is 5.50. The van der Waals surface area contributed by atoms with Gasteiger partial charge in [-0.3, -0.25) is 0 Å². The fraction of sp³-hybridized carbons (Fsp3) is 0.333. The monoisotopic (exact) mass is 192 g/mol. The van der Waals surface area contributed by atoms with Crippen LogP contribution in [0.2, 0.25) is 0 Å². The van der Waals surface area contributed by atoms with Gasteiger partial charge in [-0.2, -0.15) is 0 Å². The van der Waals surface area contributed by atoms with E-state index in [1.54, 1.807) is 0 Å². The van der Waals surface area contributed by atoms with Crippen LogP contribution in [-0.2, 0) is 0 Å². The number of hydrogen-bond donors (Lipinski definition) is 0. The van der Waals surface area contributed by atoms with Crippen molar-refractivity contribution in [2.45, 2.75) is 13.8 Å². The molecule has 12 heavy (non-hydrogen) atoms. The standard InChI is InChI=1S/C9H11O.K.H2O/c1-7-4-5-8(2)9(6-7)10-3;;/h4-6H,3H2,1-2H3;;1H2. The van der Waals surface area contributed by atoms with E-state index in [1.807, 2.05) is 0 Å². The second-order valence-electron chi connectivity index (χ2n) is 2.70. The van der Waals surface area contributed by atoms with Crippen molar-refractivity contribution in [2.75, 3.05) is 0.701 Å². The maximum absolute atomic E-state index is 5.50. The largest absolute Gasteiger partial charge is 0.412 e. The molecule has 2 nitrogen and oxygen atoms in total. The predicted octanol–water partition coefficient (Wildman–Crippen LogP) is 0.984. The Morgan fingerprint density at radius 1 is 1.33 bits per heavy atom. The first-order chi connectivity index (χ1) is 5.24. The first-order valence-corrected chi connectivity index (χ1v) is 6.15. The molecule has 0 aliphatic rings. The minimum absolute atomic E-state index is 0. The third kappa shape index (κ3) is 3.56. The van der Waals surface area contributed by atoms with Crippen LogP contribution in [-0.4, -0.2) is 55.1 Å². The Kier molecular flexibility index (Phi) is 6.44. The maximum Gasteiger partial charge on any atom is -0.412 e. The smallest absolute Gasteiger partial charge is 0.412 e. The Hall–Kier alpha value is 0.616. The zero-order chi connectivity index (χ0) is 8.27. The van der Waals surface area contributed by atoms with Gasteiger partial charge in [0, 0.05) is 0 Å². The van der Waals surface area contributed by atoms with Crippen LogP contribution >= 0.6 is 0 Å². The number of aryl methyl sites for hydroxylation is 2. The summed E-state index contributed by atoms with van der Waals surface area (Å²) in [6.07, 6.45) is 0. The van der Waals surface area contributed by atoms with Crippen molar-refractivity contribution in [3.63, 3.8) is 0 Å². The van der Waals surface area contributed by atoms with Crippen molar-refractivity contribution in [3.8, 4) is 5.75 Å². The Labute approximate surface area is 107 Å². The topological polar surface area (TPSA) is 40.7 Å². The van der Waals surface area contributed by atoms with Gasteiger partial charge in [-0.1, -0.05) is 0 Å². The van der Waals surface area contributed by atoms with Gasteiger partial charge < -0.3 is 5.48 Å². The Bertz CT molecular complexity index is 248. The summed E-state index contributed by atoms with van der Waals surface area (Å²) in [7, 11) is 0. The molecule has 0 aliphatic heterocycles. The molecule has 0 bridgehead atoms. The summed E-state index contributed by atoms with van der Waals surface area (Å²) in [5.74, 6) is 1.05. The minimum Gasteiger partial charge on any atom is -0.412 e. The van der Waals surface area contributed by atoms with E-state index >= 15 is 0 Å². The molecule has 0 spiro atoms. The Balaban J connectivity index is 0.00000121. The molecule has 3 heteroatoms. The quantitative estimate of drug-likeness (QED) is 0.644. The molecule has 0 fully saturated rings. The summed E-state index contributed by atoms with van der Waals surface area (Å²) >= 11 is 0.781. The predicted molar refractivity (Wildman–Crippen MR) is 50.8 cm³/mol. The zero-order valence-electron chi connectivity index (χ0n) is 7.85. The summed E-state index contributed by atoms with van der Waals surface area (Å²) in [5, 5.41) is 0. The average Bonchev–Trinajstić information content (AvgIpc) is 1.98. The van der Waals surface area contributed by atoms with E-state index in [0.29, 0.717) is 0 Å². The molecule has 0 heterocycles. The number of hydrogen-bond acceptors (Lipinski definition) is 1. The van der Waals surface area contributed by atoms with E-state index in [9.17, 15) is 0 Å². The molecular formula is C9H13KO2. The summed E-state index contributed by atoms with van der Waals surface area (Å²) in [6.45, 7) is 4.17. The summed E-state index contributed by atoms with van der Waals surface area (Å²) in [4.78, 5) is 0. The first kappa shape index (κ1) is 12.6. The molecule has 62 valence electrons. The van der Waals surface area contributed by atoms with Crippen molar-refractivity contribution < 1.29 is 10.2 Å². The number of ether oxygens (including phenoxy) is 1. The molecular weight excluding hydrogens is 179 g/mol. The molecule has 0 aromatic heterocycles. The van der Waals surface area contributed by atoms with Crippen molar-refractivity contribution >= 4 is 49.0 Å². The minimum atomic E-state index is 0. The van der Waals surface area contributed by atoms with Gasteiger partial charge in [0.2, 0.25) is 0 Å². The Morgan fingerprint density at radius 2 is 2.00 bits per heavy atom. The fourth-order valence-electron chi connectivity index (χ4n) is 1.02. The molecule has 1 rings (SSSR count). The van der Waals surface area contributed by atoms with E-state index in [2.05, 4.69) is 32.0 Å². The van der Waals surface area contributed by atoms with E-state index in [1.165, 1.54) is 11.1 Å². The average molecular weight is 192 g/mol. The fourth-order valence-corrected chi connectivity index (χ4v) is 1.50. The van der Waals surface area contributed by atoms with Gasteiger partial charge >= 0.3 is 103 Å². The van der Waals surface area contributed by atoms with Crippen molar-refractivity contribution in [1.29, 1.82) is 0 Å². The summed E-state index contributed by atoms with van der Waals surface area (Å²) < 4.78 is 6.43. The van der Waals surface area contributed by atoms with Gasteiger partial charge in [-0.25, -0.2) is 0 Å². The molecule has 0 unspecified atom stereocenters. The van der Waals surface area contributed by atoms with E-state index < -0.39 is 0 Å². The summed E-state index contributed by atoms with van der Waals surface area (Å²) in [5.41, 5.74) is 2.51. The van der Waals surface area contributed by atoms with Crippen molar-refractivity contribution in [2.24, 2.45) is 0 Å². The van der Waals surface area contributed by atoms with Gasteiger partial charge in [-0.15, -0.1) is 0 Å². The van der Waals surface area contributed by atoms with E-state index in [4.69, 9.17) is 4.74 Å². The molecule has 0 atom stereocenters. The van der Waals surface area contributed by atoms with E-state index in [0.717, 1.165) is 55.4 Å². The second-order valence-corrected chi connectivity index (χ2v) is 3.60. The Morgan fingerprint density at radius 3 is 2.58 bits per heavy atom. The molecule has 1 aromatic carbocycles. The van der Waals surface area contributed by atoms with Crippen LogP contribution in [0.3, 0.4) is 0 Å². The normalized spacial score (nSPS) is 9.00. The van der Waals surface area contributed by atoms with Crippen molar-refractivity contribution in [1.82, 2.24) is 0 Å². The molecule has 0 aliphatic carbocycles. The van der Waals surface area contributed by atoms with Crippen LogP contribution in [0.25, 0.3) is 0 Å². The molecule has 0 radical (unpaired) electrons. The van der Waals surface area contributed by atoms with E-state index in [-0.39, 0.29) is 5.48 Å². The molecule has 0 amide bonds. The van der Waals surface area contributed by atoms with Gasteiger partial charge in [0.25, 0.3) is 0 Å². The zero-order valence-corrected chi connectivity index (χ0v) is 11.0. The summed E-state index contributed by atoms with van der Waals surface area (Å²) in [6, 6.07) is 6.31. The molecule has 2 N–H and O–H groups in total. The number of rotatable bonds is 2. The first-order valence-electron chi connectivity index (χ1n) is 3.94. The third-order valence-electron chi connectivity index (χ3n) is 1.64. The number of benzene rings is 1. The van der Waals surface area contributed by atoms with Crippen LogP contribution in [0.5, 0.6) is 5.75 Å². The van der Waals surface area contributed by atoms with Crippen LogP contribution in [0.15, 0.2) is 18.2 Å². The second kappa shape index (κ2) is 6.13. The van der Waals surface area contributed by atoms with Crippen LogP contribution in [0.1, 0.15) is 11.1 Å². The van der Waals surface area contributed by atoms with Gasteiger partial charge in [0.05, 0.1) is 0 Å². The van der Waals surface area contributed by atoms with Gasteiger partial charge in [0.1, 0.15) is 0 Å². The van der Waals surface area contributed by atoms with Crippen molar-refractivity contribution in [3.05, 3.63) is 29.3 Å². The molecule has 1 aromatic rings. The van der Waals surface area contributed by atoms with Crippen LogP contribution < -0.4 is 4.74 Å². The van der Waals surface area contributed by atoms with Gasteiger partial charge in [-0.05, 0) is 0 Å². The van der Waals surface area contributed by atoms with Gasteiger partial charge in [0.15, 0.2) is 0 Å². The molecule has 0 saturated carbocycles. The third-order valence-corrected chi connectivity index (χ3v) is 2.09. The SMILES string of the molecule is Cc1ccc(C)c(O[CH2][K])c1.O. The molecule has 0 saturated heterocycles. The van der Waals surface area contributed by atoms with Crippen LogP contribution in [0.4, 0.5) is 0 Å². The van der Waals surface area contributed by atoms with Crippen LogP contribution in [0, 0.1) is 13.8 Å².